The van der Waals surface area contributed by atoms with Gasteiger partial charge in [-0.05, 0) is 18.2 Å². The number of nitriles is 1. The number of nitrogens with zero attached hydrogens (tertiary/aromatic N) is 2. The number of halogens is 1. The number of nitrogens with one attached hydrogen (secondary N) is 1. The lowest BCUT2D eigenvalue weighted by molar-refractivity contribution is 0.312. The molecule has 0 saturated carbocycles. The normalized spacial score (nSPS) is 20.4. The zero-order valence-electron chi connectivity index (χ0n) is 10.8. The Hall–Kier alpha value is -1.33. The van der Waals surface area contributed by atoms with Gasteiger partial charge in [-0.1, -0.05) is 11.6 Å². The molecule has 2 rings (SSSR count). The zero-order chi connectivity index (χ0) is 14.8. The predicted octanol–water partition coefficient (Wildman–Crippen LogP) is 0.835. The molecule has 1 aromatic rings. The Morgan fingerprint density at radius 2 is 2.30 bits per heavy atom. The maximum Gasteiger partial charge on any atom is 0.244 e. The van der Waals surface area contributed by atoms with Crippen LogP contribution >= 0.6 is 11.6 Å². The molecular weight excluding hydrogens is 302 g/mol. The van der Waals surface area contributed by atoms with Crippen LogP contribution in [0.1, 0.15) is 0 Å². The summed E-state index contributed by atoms with van der Waals surface area (Å²) < 4.78 is 31.3. The molecule has 1 atom stereocenters. The first-order valence-electron chi connectivity index (χ1n) is 5.96. The average molecular weight is 316 g/mol. The summed E-state index contributed by atoms with van der Waals surface area (Å²) in [6, 6.07) is 5.55. The summed E-state index contributed by atoms with van der Waals surface area (Å²) in [7, 11) is -2.28. The average Bonchev–Trinajstić information content (AvgIpc) is 2.47. The first-order chi connectivity index (χ1) is 9.50. The topological polar surface area (TPSA) is 82.4 Å². The molecule has 20 heavy (non-hydrogen) atoms. The molecular formula is C12H14ClN3O3S. The van der Waals surface area contributed by atoms with Crippen molar-refractivity contribution in [1.29, 1.82) is 5.26 Å². The van der Waals surface area contributed by atoms with Gasteiger partial charge in [-0.2, -0.15) is 9.57 Å². The van der Waals surface area contributed by atoms with E-state index in [0.717, 1.165) is 0 Å². The zero-order valence-corrected chi connectivity index (χ0v) is 12.4. The van der Waals surface area contributed by atoms with Gasteiger partial charge in [0.2, 0.25) is 10.0 Å². The molecule has 6 nitrogen and oxygen atoms in total. The van der Waals surface area contributed by atoms with Gasteiger partial charge in [0.05, 0.1) is 23.1 Å². The summed E-state index contributed by atoms with van der Waals surface area (Å²) in [5.74, 6) is 0.405. The second-order valence-electron chi connectivity index (χ2n) is 4.26. The summed E-state index contributed by atoms with van der Waals surface area (Å²) in [5, 5.41) is 12.3. The Morgan fingerprint density at radius 1 is 1.55 bits per heavy atom. The molecule has 8 heteroatoms. The molecule has 0 aliphatic carbocycles. The first kappa shape index (κ1) is 15.1. The second kappa shape index (κ2) is 5.97. The number of methoxy groups -OCH3 is 1. The summed E-state index contributed by atoms with van der Waals surface area (Å²) in [6.07, 6.45) is 0. The maximum absolute atomic E-state index is 12.6. The highest BCUT2D eigenvalue weighted by molar-refractivity contribution is 7.89. The molecule has 1 heterocycles. The molecule has 1 unspecified atom stereocenters. The van der Waals surface area contributed by atoms with Gasteiger partial charge in [0.15, 0.2) is 0 Å². The van der Waals surface area contributed by atoms with Gasteiger partial charge in [-0.3, -0.25) is 0 Å². The van der Waals surface area contributed by atoms with E-state index >= 15 is 0 Å². The fraction of sp³-hybridized carbons (Fsp3) is 0.417. The smallest absolute Gasteiger partial charge is 0.244 e. The van der Waals surface area contributed by atoms with E-state index < -0.39 is 16.1 Å². The van der Waals surface area contributed by atoms with Crippen LogP contribution in [0.3, 0.4) is 0 Å². The molecule has 1 aliphatic rings. The van der Waals surface area contributed by atoms with Gasteiger partial charge in [0, 0.05) is 19.6 Å². The fourth-order valence-electron chi connectivity index (χ4n) is 2.03. The summed E-state index contributed by atoms with van der Waals surface area (Å²) in [6.45, 7) is 1.09. The molecule has 1 saturated heterocycles. The second-order valence-corrected chi connectivity index (χ2v) is 6.56. The molecule has 0 radical (unpaired) electrons. The van der Waals surface area contributed by atoms with Crippen molar-refractivity contribution in [1.82, 2.24) is 9.62 Å². The monoisotopic (exact) mass is 315 g/mol. The van der Waals surface area contributed by atoms with Crippen molar-refractivity contribution in [2.75, 3.05) is 26.7 Å². The number of piperazine rings is 1. The van der Waals surface area contributed by atoms with Crippen LogP contribution in [0.2, 0.25) is 5.02 Å². The van der Waals surface area contributed by atoms with E-state index in [2.05, 4.69) is 5.32 Å². The molecule has 1 fully saturated rings. The number of sulfonamides is 1. The molecule has 0 aromatic heterocycles. The van der Waals surface area contributed by atoms with Gasteiger partial charge in [0.1, 0.15) is 11.8 Å². The van der Waals surface area contributed by atoms with Crippen molar-refractivity contribution >= 4 is 21.6 Å². The molecule has 108 valence electrons. The van der Waals surface area contributed by atoms with E-state index in [0.29, 0.717) is 18.8 Å². The Kier molecular flexibility index (Phi) is 4.50. The van der Waals surface area contributed by atoms with Crippen molar-refractivity contribution in [2.24, 2.45) is 0 Å². The molecule has 0 amide bonds. The van der Waals surface area contributed by atoms with Crippen molar-refractivity contribution in [3.63, 3.8) is 0 Å². The van der Waals surface area contributed by atoms with Gasteiger partial charge in [-0.25, -0.2) is 8.42 Å². The summed E-state index contributed by atoms with van der Waals surface area (Å²) >= 11 is 5.96. The largest absolute Gasteiger partial charge is 0.495 e. The van der Waals surface area contributed by atoms with Crippen LogP contribution in [0.4, 0.5) is 0 Å². The summed E-state index contributed by atoms with van der Waals surface area (Å²) in [4.78, 5) is 0.0606. The Bertz CT molecular complexity index is 642. The van der Waals surface area contributed by atoms with Crippen molar-refractivity contribution in [2.45, 2.75) is 10.9 Å². The Morgan fingerprint density at radius 3 is 2.90 bits per heavy atom. The highest BCUT2D eigenvalue weighted by Gasteiger charge is 2.33. The van der Waals surface area contributed by atoms with E-state index in [4.69, 9.17) is 21.6 Å². The van der Waals surface area contributed by atoms with Gasteiger partial charge < -0.3 is 10.1 Å². The van der Waals surface area contributed by atoms with Crippen molar-refractivity contribution in [3.05, 3.63) is 23.2 Å². The van der Waals surface area contributed by atoms with Crippen LogP contribution in [0.15, 0.2) is 23.1 Å². The number of ether oxygens (including phenoxy) is 1. The van der Waals surface area contributed by atoms with Gasteiger partial charge >= 0.3 is 0 Å². The van der Waals surface area contributed by atoms with Gasteiger partial charge in [0.25, 0.3) is 0 Å². The van der Waals surface area contributed by atoms with E-state index in [1.54, 1.807) is 0 Å². The third-order valence-electron chi connectivity index (χ3n) is 3.07. The third-order valence-corrected chi connectivity index (χ3v) is 5.27. The molecule has 1 aliphatic heterocycles. The molecule has 0 spiro atoms. The Balaban J connectivity index is 2.39. The minimum absolute atomic E-state index is 0.0606. The minimum Gasteiger partial charge on any atom is -0.495 e. The van der Waals surface area contributed by atoms with Gasteiger partial charge in [-0.15, -0.1) is 0 Å². The highest BCUT2D eigenvalue weighted by atomic mass is 35.5. The van der Waals surface area contributed by atoms with Crippen LogP contribution in [0, 0.1) is 11.3 Å². The minimum atomic E-state index is -3.74. The van der Waals surface area contributed by atoms with Crippen LogP contribution in [0.25, 0.3) is 0 Å². The molecule has 1 N–H and O–H groups in total. The van der Waals surface area contributed by atoms with E-state index in [1.165, 1.54) is 29.6 Å². The Labute approximate surface area is 122 Å². The molecule has 1 aromatic carbocycles. The van der Waals surface area contributed by atoms with Crippen LogP contribution < -0.4 is 10.1 Å². The number of benzene rings is 1. The lowest BCUT2D eigenvalue weighted by Gasteiger charge is -2.31. The third kappa shape index (κ3) is 2.74. The van der Waals surface area contributed by atoms with Crippen LogP contribution in [-0.4, -0.2) is 45.5 Å². The molecule has 0 bridgehead atoms. The van der Waals surface area contributed by atoms with E-state index in [-0.39, 0.29) is 16.5 Å². The lowest BCUT2D eigenvalue weighted by atomic mass is 10.3. The quantitative estimate of drug-likeness (QED) is 0.893. The van der Waals surface area contributed by atoms with Crippen molar-refractivity contribution in [3.8, 4) is 11.8 Å². The lowest BCUT2D eigenvalue weighted by Crippen LogP contribution is -2.52. The number of rotatable bonds is 3. The predicted molar refractivity (Wildman–Crippen MR) is 74.2 cm³/mol. The van der Waals surface area contributed by atoms with E-state index in [1.807, 2.05) is 6.07 Å². The van der Waals surface area contributed by atoms with Crippen LogP contribution in [0.5, 0.6) is 5.75 Å². The van der Waals surface area contributed by atoms with Crippen molar-refractivity contribution < 1.29 is 13.2 Å². The SMILES string of the molecule is COc1ccc(S(=O)(=O)N2CCNCC2C#N)cc1Cl. The van der Waals surface area contributed by atoms with Crippen LogP contribution in [-0.2, 0) is 10.0 Å². The standard InChI is InChI=1S/C12H14ClN3O3S/c1-19-12-3-2-10(6-11(12)13)20(17,18)16-5-4-15-8-9(16)7-14/h2-3,6,9,15H,4-5,8H2,1H3. The number of hydrogen-bond donors (Lipinski definition) is 1. The first-order valence-corrected chi connectivity index (χ1v) is 7.78. The maximum atomic E-state index is 12.6. The highest BCUT2D eigenvalue weighted by Crippen LogP contribution is 2.29. The number of hydrogen-bond acceptors (Lipinski definition) is 5. The van der Waals surface area contributed by atoms with E-state index in [9.17, 15) is 8.42 Å². The summed E-state index contributed by atoms with van der Waals surface area (Å²) in [5.41, 5.74) is 0. The fourth-order valence-corrected chi connectivity index (χ4v) is 3.91.